The lowest BCUT2D eigenvalue weighted by molar-refractivity contribution is 0.593. The zero-order valence-corrected chi connectivity index (χ0v) is 14.8. The molecule has 2 aromatic carbocycles. The number of benzene rings is 2. The van der Waals surface area contributed by atoms with Gasteiger partial charge in [-0.3, -0.25) is 9.10 Å². The third-order valence-corrected chi connectivity index (χ3v) is 6.56. The minimum absolute atomic E-state index is 0.111. The number of H-pyrrole nitrogens is 1. The first-order valence-corrected chi connectivity index (χ1v) is 9.51. The number of pyridine rings is 1. The topological polar surface area (TPSA) is 74.6 Å². The van der Waals surface area contributed by atoms with Gasteiger partial charge in [-0.15, -0.1) is 0 Å². The fraction of sp³-hybridized carbons (Fsp3) is 0.158. The molecular weight excluding hydrogens is 350 g/mol. The molecule has 7 heteroatoms. The van der Waals surface area contributed by atoms with Gasteiger partial charge in [0.15, 0.2) is 5.69 Å². The molecule has 3 aromatic rings. The molecule has 0 fully saturated rings. The summed E-state index contributed by atoms with van der Waals surface area (Å²) in [6, 6.07) is 9.84. The highest BCUT2D eigenvalue weighted by Gasteiger charge is 2.32. The molecule has 0 saturated carbocycles. The molecule has 1 aromatic heterocycles. The quantitative estimate of drug-likeness (QED) is 0.709. The number of hydrogen-bond acceptors (Lipinski definition) is 3. The molecule has 0 saturated heterocycles. The second-order valence-corrected chi connectivity index (χ2v) is 8.06. The monoisotopic (exact) mass is 365 g/mol. The summed E-state index contributed by atoms with van der Waals surface area (Å²) in [5, 5.41) is 0.784. The normalized spacial score (nSPS) is 13.6. The van der Waals surface area contributed by atoms with Crippen LogP contribution in [0.1, 0.15) is 11.1 Å². The van der Waals surface area contributed by atoms with Crippen molar-refractivity contribution in [3.05, 3.63) is 75.5 Å². The number of aromatic nitrogens is 1. The van der Waals surface area contributed by atoms with Gasteiger partial charge in [-0.25, -0.2) is 13.3 Å². The van der Waals surface area contributed by atoms with Gasteiger partial charge in [0.1, 0.15) is 0 Å². The Kier molecular flexibility index (Phi) is 3.60. The maximum absolute atomic E-state index is 13.4. The number of hydrogen-bond donors (Lipinski definition) is 1. The summed E-state index contributed by atoms with van der Waals surface area (Å²) in [5.41, 5.74) is 2.21. The third kappa shape index (κ3) is 2.30. The minimum Gasteiger partial charge on any atom is -0.328 e. The van der Waals surface area contributed by atoms with E-state index in [1.54, 1.807) is 37.3 Å². The van der Waals surface area contributed by atoms with Crippen molar-refractivity contribution in [3.63, 3.8) is 0 Å². The summed E-state index contributed by atoms with van der Waals surface area (Å²) in [6.45, 7) is 9.26. The van der Waals surface area contributed by atoms with Gasteiger partial charge in [0, 0.05) is 29.2 Å². The van der Waals surface area contributed by atoms with E-state index in [9.17, 15) is 13.2 Å². The van der Waals surface area contributed by atoms with Gasteiger partial charge in [0.05, 0.1) is 11.5 Å². The molecule has 1 N–H and O–H groups in total. The van der Waals surface area contributed by atoms with E-state index >= 15 is 0 Å². The lowest BCUT2D eigenvalue weighted by Crippen LogP contribution is -2.29. The number of anilines is 1. The van der Waals surface area contributed by atoms with Gasteiger partial charge >= 0.3 is 0 Å². The van der Waals surface area contributed by atoms with E-state index in [1.807, 2.05) is 0 Å². The number of rotatable bonds is 2. The van der Waals surface area contributed by atoms with Gasteiger partial charge in [0.2, 0.25) is 0 Å². The van der Waals surface area contributed by atoms with Crippen LogP contribution in [-0.2, 0) is 16.4 Å². The van der Waals surface area contributed by atoms with E-state index in [-0.39, 0.29) is 10.5 Å². The van der Waals surface area contributed by atoms with Crippen LogP contribution in [0.25, 0.3) is 15.6 Å². The molecule has 0 bridgehead atoms. The molecule has 4 rings (SSSR count). The van der Waals surface area contributed by atoms with Crippen LogP contribution in [0.2, 0.25) is 0 Å². The molecule has 2 heterocycles. The highest BCUT2D eigenvalue weighted by molar-refractivity contribution is 7.93. The molecular formula is C19H15N3O3S. The Morgan fingerprint density at radius 1 is 1.23 bits per heavy atom. The zero-order chi connectivity index (χ0) is 18.5. The van der Waals surface area contributed by atoms with Gasteiger partial charge < -0.3 is 4.98 Å². The van der Waals surface area contributed by atoms with E-state index in [1.165, 1.54) is 16.6 Å². The van der Waals surface area contributed by atoms with Crippen LogP contribution in [0.4, 0.5) is 11.4 Å². The molecule has 1 aliphatic rings. The minimum atomic E-state index is -3.87. The molecule has 0 amide bonds. The van der Waals surface area contributed by atoms with E-state index in [0.717, 1.165) is 5.56 Å². The second kappa shape index (κ2) is 5.71. The predicted molar refractivity (Wildman–Crippen MR) is 100 cm³/mol. The number of fused-ring (bicyclic) bond motifs is 2. The van der Waals surface area contributed by atoms with Crippen LogP contribution < -0.4 is 9.86 Å². The Hall–Kier alpha value is -3.11. The molecule has 0 unspecified atom stereocenters. The Balaban J connectivity index is 1.97. The third-order valence-electron chi connectivity index (χ3n) is 4.70. The summed E-state index contributed by atoms with van der Waals surface area (Å²) >= 11 is 0. The van der Waals surface area contributed by atoms with Crippen LogP contribution in [0.15, 0.2) is 52.3 Å². The maximum atomic E-state index is 13.4. The number of aryl methyl sites for hydroxylation is 1. The van der Waals surface area contributed by atoms with Crippen molar-refractivity contribution in [3.8, 4) is 0 Å². The van der Waals surface area contributed by atoms with Crippen molar-refractivity contribution < 1.29 is 8.42 Å². The summed E-state index contributed by atoms with van der Waals surface area (Å²) < 4.78 is 28.2. The van der Waals surface area contributed by atoms with E-state index < -0.39 is 10.0 Å². The number of sulfonamides is 1. The van der Waals surface area contributed by atoms with Crippen molar-refractivity contribution >= 4 is 32.2 Å². The van der Waals surface area contributed by atoms with Crippen LogP contribution in [0.3, 0.4) is 0 Å². The lowest BCUT2D eigenvalue weighted by Gasteiger charge is -2.21. The first-order valence-electron chi connectivity index (χ1n) is 8.07. The Bertz CT molecular complexity index is 1250. The molecule has 26 heavy (non-hydrogen) atoms. The number of nitrogens with one attached hydrogen (secondary N) is 1. The fourth-order valence-electron chi connectivity index (χ4n) is 3.44. The summed E-state index contributed by atoms with van der Waals surface area (Å²) in [6.07, 6.45) is 2.12. The SMILES string of the molecule is [C-]#[N+]c1ccc2c(c1)N(S(=O)(=O)c1cccc3c(=O)[nH]cc(C)c13)CC2. The molecule has 6 nitrogen and oxygen atoms in total. The molecule has 0 radical (unpaired) electrons. The van der Waals surface area contributed by atoms with E-state index in [4.69, 9.17) is 6.57 Å². The molecule has 0 aliphatic carbocycles. The van der Waals surface area contributed by atoms with Gasteiger partial charge in [0.25, 0.3) is 15.6 Å². The zero-order valence-electron chi connectivity index (χ0n) is 14.0. The van der Waals surface area contributed by atoms with Crippen LogP contribution in [0.5, 0.6) is 0 Å². The Labute approximate surface area is 150 Å². The fourth-order valence-corrected chi connectivity index (χ4v) is 5.22. The Morgan fingerprint density at radius 3 is 2.81 bits per heavy atom. The van der Waals surface area contributed by atoms with Gasteiger partial charge in [-0.2, -0.15) is 0 Å². The number of nitrogens with zero attached hydrogens (tertiary/aromatic N) is 2. The Morgan fingerprint density at radius 2 is 2.04 bits per heavy atom. The maximum Gasteiger partial charge on any atom is 0.264 e. The number of aromatic amines is 1. The van der Waals surface area contributed by atoms with E-state index in [0.29, 0.717) is 40.7 Å². The smallest absolute Gasteiger partial charge is 0.264 e. The second-order valence-electron chi connectivity index (χ2n) is 6.23. The summed E-state index contributed by atoms with van der Waals surface area (Å²) in [5.74, 6) is 0. The van der Waals surface area contributed by atoms with Crippen molar-refractivity contribution in [1.82, 2.24) is 4.98 Å². The van der Waals surface area contributed by atoms with Crippen LogP contribution in [0, 0.1) is 13.5 Å². The largest absolute Gasteiger partial charge is 0.328 e. The first-order chi connectivity index (χ1) is 12.4. The molecule has 130 valence electrons. The van der Waals surface area contributed by atoms with Crippen molar-refractivity contribution in [1.29, 1.82) is 0 Å². The van der Waals surface area contributed by atoms with Crippen LogP contribution in [-0.4, -0.2) is 19.9 Å². The standard InChI is InChI=1S/C19H15N3O3S/c1-12-11-21-19(23)15-4-3-5-17(18(12)15)26(24,25)22-9-8-13-6-7-14(20-2)10-16(13)22/h3-7,10-11H,8-9H2,1H3,(H,21,23). The van der Waals surface area contributed by atoms with Crippen molar-refractivity contribution in [2.24, 2.45) is 0 Å². The van der Waals surface area contributed by atoms with E-state index in [2.05, 4.69) is 9.83 Å². The molecule has 0 atom stereocenters. The van der Waals surface area contributed by atoms with Crippen molar-refractivity contribution in [2.75, 3.05) is 10.8 Å². The highest BCUT2D eigenvalue weighted by Crippen LogP contribution is 2.37. The lowest BCUT2D eigenvalue weighted by atomic mass is 10.1. The molecule has 1 aliphatic heterocycles. The average molecular weight is 365 g/mol. The average Bonchev–Trinajstić information content (AvgIpc) is 3.08. The predicted octanol–water partition coefficient (Wildman–Crippen LogP) is 3.14. The van der Waals surface area contributed by atoms with Crippen molar-refractivity contribution in [2.45, 2.75) is 18.2 Å². The van der Waals surface area contributed by atoms with Gasteiger partial charge in [-0.1, -0.05) is 18.2 Å². The summed E-state index contributed by atoms with van der Waals surface area (Å²) in [7, 11) is -3.87. The highest BCUT2D eigenvalue weighted by atomic mass is 32.2. The van der Waals surface area contributed by atoms with Crippen LogP contribution >= 0.6 is 0 Å². The molecule has 0 spiro atoms. The van der Waals surface area contributed by atoms with Gasteiger partial charge in [-0.05, 0) is 42.7 Å². The first kappa shape index (κ1) is 16.4. The summed E-state index contributed by atoms with van der Waals surface area (Å²) in [4.78, 5) is 18.2.